The van der Waals surface area contributed by atoms with Gasteiger partial charge in [0.05, 0.1) is 30.0 Å². The van der Waals surface area contributed by atoms with Gasteiger partial charge in [0, 0.05) is 48.1 Å². The molecule has 1 aromatic carbocycles. The highest BCUT2D eigenvalue weighted by molar-refractivity contribution is 5.88. The lowest BCUT2D eigenvalue weighted by atomic mass is 9.82. The third-order valence-electron chi connectivity index (χ3n) is 7.53. The molecule has 2 N–H and O–H groups in total. The molecule has 2 saturated heterocycles. The lowest BCUT2D eigenvalue weighted by molar-refractivity contribution is -0.0608. The zero-order valence-corrected chi connectivity index (χ0v) is 19.4. The van der Waals surface area contributed by atoms with E-state index in [1.807, 2.05) is 19.2 Å². The number of benzene rings is 1. The fourth-order valence-electron chi connectivity index (χ4n) is 6.05. The fourth-order valence-corrected chi connectivity index (χ4v) is 6.05. The Hall–Kier alpha value is -2.90. The number of nitrogens with one attached hydrogen (secondary N) is 1. The molecule has 2 aliphatic heterocycles. The first-order chi connectivity index (χ1) is 16.0. The number of fused-ring (bicyclic) bond motifs is 3. The molecule has 0 spiro atoms. The fraction of sp³-hybridized carbons (Fsp3) is 0.462. The Balaban J connectivity index is 1.59. The number of methoxy groups -OCH3 is 1. The van der Waals surface area contributed by atoms with Crippen molar-refractivity contribution in [2.24, 2.45) is 0 Å². The van der Waals surface area contributed by atoms with Gasteiger partial charge in [-0.25, -0.2) is 4.79 Å². The number of pyridine rings is 1. The number of carboxylic acids is 1. The quantitative estimate of drug-likeness (QED) is 0.547. The predicted molar refractivity (Wildman–Crippen MR) is 126 cm³/mol. The third kappa shape index (κ3) is 3.60. The second kappa shape index (κ2) is 8.47. The average Bonchev–Trinajstić information content (AvgIpc) is 3.38. The van der Waals surface area contributed by atoms with Crippen LogP contribution < -0.4 is 4.74 Å². The molecule has 2 unspecified atom stereocenters. The number of carboxylic acid groups (broad SMARTS) is 1. The summed E-state index contributed by atoms with van der Waals surface area (Å²) in [5.41, 5.74) is 4.32. The monoisotopic (exact) mass is 449 g/mol. The number of hydrogen-bond donors (Lipinski definition) is 2. The van der Waals surface area contributed by atoms with Crippen molar-refractivity contribution in [3.8, 4) is 5.75 Å². The second-order valence-electron chi connectivity index (χ2n) is 9.25. The van der Waals surface area contributed by atoms with Crippen LogP contribution in [0.5, 0.6) is 5.75 Å². The van der Waals surface area contributed by atoms with E-state index in [4.69, 9.17) is 9.47 Å². The van der Waals surface area contributed by atoms with E-state index in [2.05, 4.69) is 33.9 Å². The minimum Gasteiger partial charge on any atom is -0.496 e. The molecule has 2 fully saturated rings. The van der Waals surface area contributed by atoms with Gasteiger partial charge < -0.3 is 19.6 Å². The van der Waals surface area contributed by atoms with Crippen LogP contribution in [-0.4, -0.2) is 51.8 Å². The van der Waals surface area contributed by atoms with Gasteiger partial charge in [0.25, 0.3) is 0 Å². The molecular formula is C26H31N3O4. The third-order valence-corrected chi connectivity index (χ3v) is 7.53. The topological polar surface area (TPSA) is 87.7 Å². The van der Waals surface area contributed by atoms with Crippen LogP contribution in [0.4, 0.5) is 0 Å². The number of ether oxygens (including phenoxy) is 2. The summed E-state index contributed by atoms with van der Waals surface area (Å²) in [5.74, 6) is -0.0574. The average molecular weight is 450 g/mol. The summed E-state index contributed by atoms with van der Waals surface area (Å²) >= 11 is 0. The van der Waals surface area contributed by atoms with E-state index >= 15 is 0 Å². The zero-order valence-electron chi connectivity index (χ0n) is 19.4. The van der Waals surface area contributed by atoms with E-state index in [-0.39, 0.29) is 17.2 Å². The van der Waals surface area contributed by atoms with Crippen LogP contribution in [0.2, 0.25) is 0 Å². The van der Waals surface area contributed by atoms with Crippen molar-refractivity contribution in [3.05, 3.63) is 59.0 Å². The van der Waals surface area contributed by atoms with E-state index in [1.165, 1.54) is 17.1 Å². The molecule has 4 heterocycles. The number of aryl methyl sites for hydroxylation is 1. The Morgan fingerprint density at radius 2 is 2.21 bits per heavy atom. The van der Waals surface area contributed by atoms with Gasteiger partial charge in [-0.05, 0) is 69.4 Å². The summed E-state index contributed by atoms with van der Waals surface area (Å²) < 4.78 is 11.9. The SMILES string of the molecule is CCO[C@H]1CC2CCC(c3ccc(C(=O)O)cn3)(C1)N2Cc1c(OC)cc(C)c2[nH]ccc12. The number of carbonyl (C=O) groups is 1. The highest BCUT2D eigenvalue weighted by Gasteiger charge is 2.53. The van der Waals surface area contributed by atoms with Crippen molar-refractivity contribution >= 4 is 16.9 Å². The predicted octanol–water partition coefficient (Wildman–Crippen LogP) is 4.64. The normalized spacial score (nSPS) is 24.9. The molecule has 0 saturated carbocycles. The molecule has 0 amide bonds. The molecule has 7 nitrogen and oxygen atoms in total. The number of aromatic nitrogens is 2. The molecule has 174 valence electrons. The van der Waals surface area contributed by atoms with Crippen molar-refractivity contribution in [2.75, 3.05) is 13.7 Å². The van der Waals surface area contributed by atoms with E-state index in [9.17, 15) is 9.90 Å². The van der Waals surface area contributed by atoms with Crippen LogP contribution >= 0.6 is 0 Å². The first kappa shape index (κ1) is 21.9. The van der Waals surface area contributed by atoms with Gasteiger partial charge in [-0.15, -0.1) is 0 Å². The van der Waals surface area contributed by atoms with E-state index in [1.54, 1.807) is 13.2 Å². The number of nitrogens with zero attached hydrogens (tertiary/aromatic N) is 2. The summed E-state index contributed by atoms with van der Waals surface area (Å²) in [6, 6.07) is 8.17. The molecule has 5 rings (SSSR count). The lowest BCUT2D eigenvalue weighted by Crippen LogP contribution is -2.52. The number of hydrogen-bond acceptors (Lipinski definition) is 5. The van der Waals surface area contributed by atoms with Gasteiger partial charge in [0.15, 0.2) is 0 Å². The van der Waals surface area contributed by atoms with Crippen LogP contribution in [0.3, 0.4) is 0 Å². The van der Waals surface area contributed by atoms with E-state index in [0.29, 0.717) is 12.6 Å². The van der Waals surface area contributed by atoms with E-state index in [0.717, 1.165) is 54.8 Å². The minimum atomic E-state index is -0.956. The van der Waals surface area contributed by atoms with Crippen LogP contribution in [0, 0.1) is 6.92 Å². The summed E-state index contributed by atoms with van der Waals surface area (Å²) in [7, 11) is 1.73. The Kier molecular flexibility index (Phi) is 5.62. The molecule has 33 heavy (non-hydrogen) atoms. The standard InChI is InChI=1S/C26H31N3O4/c1-4-33-19-12-18-7-9-26(13-19,23-6-5-17(14-28-23)25(30)31)29(18)15-21-20-8-10-27-24(20)16(2)11-22(21)32-3/h5-6,8,10-11,14,18-19,27H,4,7,9,12-13,15H2,1-3H3,(H,30,31)/t18?,19-,26?/m0/s1. The number of rotatable bonds is 7. The van der Waals surface area contributed by atoms with Crippen molar-refractivity contribution < 1.29 is 19.4 Å². The van der Waals surface area contributed by atoms with Crippen LogP contribution in [-0.2, 0) is 16.8 Å². The lowest BCUT2D eigenvalue weighted by Gasteiger charge is -2.47. The van der Waals surface area contributed by atoms with Gasteiger partial charge in [-0.3, -0.25) is 9.88 Å². The van der Waals surface area contributed by atoms with Gasteiger partial charge in [-0.1, -0.05) is 0 Å². The van der Waals surface area contributed by atoms with Gasteiger partial charge in [0.1, 0.15) is 5.75 Å². The molecule has 0 radical (unpaired) electrons. The van der Waals surface area contributed by atoms with Crippen LogP contribution in [0.15, 0.2) is 36.7 Å². The number of aromatic carboxylic acids is 1. The molecular weight excluding hydrogens is 418 g/mol. The number of aromatic amines is 1. The molecule has 2 bridgehead atoms. The molecule has 2 aromatic heterocycles. The van der Waals surface area contributed by atoms with E-state index < -0.39 is 5.97 Å². The Labute approximate surface area is 193 Å². The molecule has 3 atom stereocenters. The molecule has 7 heteroatoms. The highest BCUT2D eigenvalue weighted by atomic mass is 16.5. The van der Waals surface area contributed by atoms with Crippen molar-refractivity contribution in [1.82, 2.24) is 14.9 Å². The molecule has 3 aromatic rings. The van der Waals surface area contributed by atoms with Crippen molar-refractivity contribution in [2.45, 2.75) is 63.8 Å². The van der Waals surface area contributed by atoms with Crippen LogP contribution in [0.1, 0.15) is 59.8 Å². The Morgan fingerprint density at radius 3 is 2.91 bits per heavy atom. The van der Waals surface area contributed by atoms with Crippen molar-refractivity contribution in [3.63, 3.8) is 0 Å². The number of H-pyrrole nitrogens is 1. The van der Waals surface area contributed by atoms with Gasteiger partial charge in [0.2, 0.25) is 0 Å². The first-order valence-corrected chi connectivity index (χ1v) is 11.7. The van der Waals surface area contributed by atoms with Gasteiger partial charge >= 0.3 is 5.97 Å². The smallest absolute Gasteiger partial charge is 0.337 e. The summed E-state index contributed by atoms with van der Waals surface area (Å²) in [6.07, 6.45) is 7.53. The van der Waals surface area contributed by atoms with Crippen LogP contribution in [0.25, 0.3) is 10.9 Å². The Morgan fingerprint density at radius 1 is 1.36 bits per heavy atom. The molecule has 2 aliphatic rings. The zero-order chi connectivity index (χ0) is 23.2. The number of piperidine rings is 1. The summed E-state index contributed by atoms with van der Waals surface area (Å²) in [5, 5.41) is 10.5. The summed E-state index contributed by atoms with van der Waals surface area (Å²) in [6.45, 7) is 5.57. The minimum absolute atomic E-state index is 0.173. The largest absolute Gasteiger partial charge is 0.496 e. The maximum absolute atomic E-state index is 11.4. The van der Waals surface area contributed by atoms with Gasteiger partial charge in [-0.2, -0.15) is 0 Å². The summed E-state index contributed by atoms with van der Waals surface area (Å²) in [4.78, 5) is 22.0. The highest BCUT2D eigenvalue weighted by Crippen LogP contribution is 2.52. The second-order valence-corrected chi connectivity index (χ2v) is 9.25. The maximum atomic E-state index is 11.4. The maximum Gasteiger partial charge on any atom is 0.337 e. The first-order valence-electron chi connectivity index (χ1n) is 11.7. The van der Waals surface area contributed by atoms with Crippen molar-refractivity contribution in [1.29, 1.82) is 0 Å². The Bertz CT molecular complexity index is 1170. The molecule has 0 aliphatic carbocycles.